The number of rotatable bonds is 5. The zero-order valence-electron chi connectivity index (χ0n) is 13.8. The highest BCUT2D eigenvalue weighted by molar-refractivity contribution is 5.91. The summed E-state index contributed by atoms with van der Waals surface area (Å²) >= 11 is 0. The fraction of sp³-hybridized carbons (Fsp3) is 0.556. The molecule has 1 aromatic rings. The van der Waals surface area contributed by atoms with Gasteiger partial charge in [-0.2, -0.15) is 0 Å². The number of hydrogen-bond donors (Lipinski definition) is 1. The molecule has 0 heterocycles. The predicted octanol–water partition coefficient (Wildman–Crippen LogP) is 3.42. The van der Waals surface area contributed by atoms with Gasteiger partial charge in [0.15, 0.2) is 0 Å². The van der Waals surface area contributed by atoms with Crippen LogP contribution in [0.5, 0.6) is 0 Å². The average Bonchev–Trinajstić information content (AvgIpc) is 2.97. The Balaban J connectivity index is 1.87. The molecular weight excluding hydrogens is 276 g/mol. The molecule has 0 spiro atoms. The van der Waals surface area contributed by atoms with Crippen molar-refractivity contribution in [2.45, 2.75) is 58.9 Å². The van der Waals surface area contributed by atoms with Gasteiger partial charge in [-0.15, -0.1) is 0 Å². The van der Waals surface area contributed by atoms with Crippen LogP contribution in [0.1, 0.15) is 50.2 Å². The lowest BCUT2D eigenvalue weighted by atomic mass is 10.1. The van der Waals surface area contributed by atoms with Gasteiger partial charge in [-0.05, 0) is 49.9 Å². The number of nitrogens with one attached hydrogen (secondary N) is 1. The Hall–Kier alpha value is -1.84. The molecule has 0 unspecified atom stereocenters. The van der Waals surface area contributed by atoms with Crippen LogP contribution in [0.2, 0.25) is 0 Å². The molecule has 1 saturated carbocycles. The van der Waals surface area contributed by atoms with Crippen LogP contribution in [0, 0.1) is 13.8 Å². The summed E-state index contributed by atoms with van der Waals surface area (Å²) in [6.45, 7) is 6.19. The van der Waals surface area contributed by atoms with E-state index in [0.29, 0.717) is 19.0 Å². The Labute approximate surface area is 132 Å². The van der Waals surface area contributed by atoms with E-state index >= 15 is 0 Å². The molecule has 1 aliphatic carbocycles. The maximum atomic E-state index is 12.1. The number of benzene rings is 1. The third-order valence-electron chi connectivity index (χ3n) is 4.54. The van der Waals surface area contributed by atoms with Crippen molar-refractivity contribution in [1.29, 1.82) is 0 Å². The normalized spacial score (nSPS) is 14.9. The Morgan fingerprint density at radius 1 is 1.18 bits per heavy atom. The molecule has 1 fully saturated rings. The van der Waals surface area contributed by atoms with E-state index in [1.165, 1.54) is 18.4 Å². The standard InChI is InChI=1S/C18H26N2O2/c1-13-8-9-16(12-14(13)2)19-18(22)10-11-20(15(3)21)17-6-4-5-7-17/h8-9,12,17H,4-7,10-11H2,1-3H3,(H,19,22). The average molecular weight is 302 g/mol. The van der Waals surface area contributed by atoms with Crippen molar-refractivity contribution in [3.8, 4) is 0 Å². The number of nitrogens with zero attached hydrogens (tertiary/aromatic N) is 1. The molecular formula is C18H26N2O2. The van der Waals surface area contributed by atoms with Crippen LogP contribution in [0.3, 0.4) is 0 Å². The first-order valence-electron chi connectivity index (χ1n) is 8.11. The largest absolute Gasteiger partial charge is 0.339 e. The van der Waals surface area contributed by atoms with E-state index in [9.17, 15) is 9.59 Å². The molecule has 2 rings (SSSR count). The minimum absolute atomic E-state index is 0.0347. The number of hydrogen-bond acceptors (Lipinski definition) is 2. The van der Waals surface area contributed by atoms with Crippen LogP contribution in [0.4, 0.5) is 5.69 Å². The molecule has 0 radical (unpaired) electrons. The summed E-state index contributed by atoms with van der Waals surface area (Å²) in [6, 6.07) is 6.23. The summed E-state index contributed by atoms with van der Waals surface area (Å²) in [5.41, 5.74) is 3.19. The molecule has 1 aliphatic rings. The lowest BCUT2D eigenvalue weighted by Gasteiger charge is -2.27. The van der Waals surface area contributed by atoms with E-state index in [4.69, 9.17) is 0 Å². The Bertz CT molecular complexity index is 548. The lowest BCUT2D eigenvalue weighted by molar-refractivity contribution is -0.131. The van der Waals surface area contributed by atoms with Crippen LogP contribution >= 0.6 is 0 Å². The van der Waals surface area contributed by atoms with E-state index in [2.05, 4.69) is 5.32 Å². The number of carbonyl (C=O) groups excluding carboxylic acids is 2. The molecule has 0 aromatic heterocycles. The van der Waals surface area contributed by atoms with E-state index in [1.54, 1.807) is 6.92 Å². The summed E-state index contributed by atoms with van der Waals surface area (Å²) in [5.74, 6) is 0.0402. The second-order valence-electron chi connectivity index (χ2n) is 6.25. The second-order valence-corrected chi connectivity index (χ2v) is 6.25. The second kappa shape index (κ2) is 7.43. The van der Waals surface area contributed by atoms with Gasteiger partial charge in [-0.3, -0.25) is 9.59 Å². The third-order valence-corrected chi connectivity index (χ3v) is 4.54. The molecule has 1 aromatic carbocycles. The van der Waals surface area contributed by atoms with Crippen molar-refractivity contribution in [2.24, 2.45) is 0 Å². The molecule has 4 nitrogen and oxygen atoms in total. The SMILES string of the molecule is CC(=O)N(CCC(=O)Nc1ccc(C)c(C)c1)C1CCCC1. The van der Waals surface area contributed by atoms with Crippen molar-refractivity contribution in [2.75, 3.05) is 11.9 Å². The minimum atomic E-state index is -0.0347. The van der Waals surface area contributed by atoms with Crippen molar-refractivity contribution in [3.05, 3.63) is 29.3 Å². The minimum Gasteiger partial charge on any atom is -0.339 e. The molecule has 120 valence electrons. The van der Waals surface area contributed by atoms with Crippen molar-refractivity contribution in [1.82, 2.24) is 4.90 Å². The van der Waals surface area contributed by atoms with Crippen LogP contribution < -0.4 is 5.32 Å². The zero-order valence-corrected chi connectivity index (χ0v) is 13.8. The van der Waals surface area contributed by atoms with E-state index in [-0.39, 0.29) is 11.8 Å². The van der Waals surface area contributed by atoms with Crippen LogP contribution in [0.15, 0.2) is 18.2 Å². The molecule has 4 heteroatoms. The van der Waals surface area contributed by atoms with Gasteiger partial charge in [-0.25, -0.2) is 0 Å². The molecule has 0 aliphatic heterocycles. The van der Waals surface area contributed by atoms with E-state index in [0.717, 1.165) is 24.1 Å². The topological polar surface area (TPSA) is 49.4 Å². The monoisotopic (exact) mass is 302 g/mol. The van der Waals surface area contributed by atoms with Crippen LogP contribution in [-0.4, -0.2) is 29.3 Å². The highest BCUT2D eigenvalue weighted by Gasteiger charge is 2.24. The van der Waals surface area contributed by atoms with E-state index in [1.807, 2.05) is 36.9 Å². The maximum Gasteiger partial charge on any atom is 0.226 e. The summed E-state index contributed by atoms with van der Waals surface area (Å²) in [6.07, 6.45) is 4.85. The summed E-state index contributed by atoms with van der Waals surface area (Å²) < 4.78 is 0. The van der Waals surface area contributed by atoms with Gasteiger partial charge in [0.25, 0.3) is 0 Å². The smallest absolute Gasteiger partial charge is 0.226 e. The lowest BCUT2D eigenvalue weighted by Crippen LogP contribution is -2.39. The first-order valence-corrected chi connectivity index (χ1v) is 8.11. The molecule has 0 saturated heterocycles. The van der Waals surface area contributed by atoms with Crippen molar-refractivity contribution in [3.63, 3.8) is 0 Å². The van der Waals surface area contributed by atoms with Crippen molar-refractivity contribution >= 4 is 17.5 Å². The Morgan fingerprint density at radius 2 is 1.86 bits per heavy atom. The third kappa shape index (κ3) is 4.33. The first kappa shape index (κ1) is 16.5. The maximum absolute atomic E-state index is 12.1. The highest BCUT2D eigenvalue weighted by Crippen LogP contribution is 2.23. The summed E-state index contributed by atoms with van der Waals surface area (Å²) in [7, 11) is 0. The molecule has 0 bridgehead atoms. The summed E-state index contributed by atoms with van der Waals surface area (Å²) in [5, 5.41) is 2.92. The van der Waals surface area contributed by atoms with Crippen LogP contribution in [-0.2, 0) is 9.59 Å². The Morgan fingerprint density at radius 3 is 2.45 bits per heavy atom. The molecule has 1 N–H and O–H groups in total. The Kier molecular flexibility index (Phi) is 5.58. The molecule has 22 heavy (non-hydrogen) atoms. The van der Waals surface area contributed by atoms with Gasteiger partial charge < -0.3 is 10.2 Å². The fourth-order valence-electron chi connectivity index (χ4n) is 3.08. The number of aryl methyl sites for hydroxylation is 2. The van der Waals surface area contributed by atoms with Gasteiger partial charge in [0, 0.05) is 31.6 Å². The first-order chi connectivity index (χ1) is 10.5. The molecule has 2 amide bonds. The zero-order chi connectivity index (χ0) is 16.1. The number of carbonyl (C=O) groups is 2. The molecule has 0 atom stereocenters. The quantitative estimate of drug-likeness (QED) is 0.906. The predicted molar refractivity (Wildman–Crippen MR) is 88.8 cm³/mol. The summed E-state index contributed by atoms with van der Waals surface area (Å²) in [4.78, 5) is 25.7. The number of amides is 2. The van der Waals surface area contributed by atoms with Gasteiger partial charge in [0.1, 0.15) is 0 Å². The van der Waals surface area contributed by atoms with E-state index < -0.39 is 0 Å². The highest BCUT2D eigenvalue weighted by atomic mass is 16.2. The van der Waals surface area contributed by atoms with Crippen molar-refractivity contribution < 1.29 is 9.59 Å². The van der Waals surface area contributed by atoms with Gasteiger partial charge >= 0.3 is 0 Å². The fourth-order valence-corrected chi connectivity index (χ4v) is 3.08. The van der Waals surface area contributed by atoms with Crippen LogP contribution in [0.25, 0.3) is 0 Å². The van der Waals surface area contributed by atoms with Gasteiger partial charge in [0.2, 0.25) is 11.8 Å². The van der Waals surface area contributed by atoms with Gasteiger partial charge in [0.05, 0.1) is 0 Å². The number of anilines is 1. The van der Waals surface area contributed by atoms with Gasteiger partial charge in [-0.1, -0.05) is 18.9 Å².